The summed E-state index contributed by atoms with van der Waals surface area (Å²) in [6.07, 6.45) is 6.80. The third-order valence-electron chi connectivity index (χ3n) is 3.12. The van der Waals surface area contributed by atoms with Gasteiger partial charge in [0.2, 0.25) is 0 Å². The maximum Gasteiger partial charge on any atom is -0.00463 e. The summed E-state index contributed by atoms with van der Waals surface area (Å²) in [5.41, 5.74) is 0. The number of nitrogens with one attached hydrogen (secondary N) is 1. The van der Waals surface area contributed by atoms with Crippen molar-refractivity contribution in [3.8, 4) is 0 Å². The minimum atomic E-state index is 0.830. The van der Waals surface area contributed by atoms with Crippen LogP contribution in [0.5, 0.6) is 0 Å². The lowest BCUT2D eigenvalue weighted by molar-refractivity contribution is 0.382. The Labute approximate surface area is 90.7 Å². The van der Waals surface area contributed by atoms with Gasteiger partial charge in [-0.05, 0) is 37.8 Å². The molecule has 0 amide bonds. The molecule has 0 aliphatic heterocycles. The molecular formula is C13H29N. The van der Waals surface area contributed by atoms with Gasteiger partial charge >= 0.3 is 0 Å². The molecule has 0 radical (unpaired) electrons. The van der Waals surface area contributed by atoms with E-state index >= 15 is 0 Å². The molecule has 1 nitrogen and oxygen atoms in total. The van der Waals surface area contributed by atoms with Crippen molar-refractivity contribution in [1.82, 2.24) is 5.32 Å². The molecule has 0 aliphatic rings. The van der Waals surface area contributed by atoms with Gasteiger partial charge in [-0.3, -0.25) is 0 Å². The van der Waals surface area contributed by atoms with Crippen LogP contribution in [0, 0.1) is 11.8 Å². The third kappa shape index (κ3) is 8.55. The van der Waals surface area contributed by atoms with E-state index in [1.165, 1.54) is 45.2 Å². The Kier molecular flexibility index (Phi) is 9.49. The summed E-state index contributed by atoms with van der Waals surface area (Å²) < 4.78 is 0. The van der Waals surface area contributed by atoms with E-state index in [4.69, 9.17) is 0 Å². The van der Waals surface area contributed by atoms with Crippen molar-refractivity contribution in [2.75, 3.05) is 13.1 Å². The van der Waals surface area contributed by atoms with Crippen LogP contribution >= 0.6 is 0 Å². The maximum absolute atomic E-state index is 3.53. The van der Waals surface area contributed by atoms with Crippen LogP contribution in [0.1, 0.15) is 59.8 Å². The lowest BCUT2D eigenvalue weighted by Crippen LogP contribution is -2.20. The second kappa shape index (κ2) is 9.51. The molecule has 0 aliphatic carbocycles. The minimum absolute atomic E-state index is 0.830. The Morgan fingerprint density at radius 1 is 0.929 bits per heavy atom. The zero-order chi connectivity index (χ0) is 10.8. The van der Waals surface area contributed by atoms with Gasteiger partial charge in [0.15, 0.2) is 0 Å². The molecule has 0 saturated heterocycles. The van der Waals surface area contributed by atoms with Gasteiger partial charge in [-0.25, -0.2) is 0 Å². The van der Waals surface area contributed by atoms with Crippen molar-refractivity contribution in [3.05, 3.63) is 0 Å². The van der Waals surface area contributed by atoms with Crippen molar-refractivity contribution in [2.45, 2.75) is 59.8 Å². The molecule has 86 valence electrons. The largest absolute Gasteiger partial charge is 0.317 e. The first-order valence-corrected chi connectivity index (χ1v) is 6.39. The molecule has 1 N–H and O–H groups in total. The smallest absolute Gasteiger partial charge is 0.00463 e. The van der Waals surface area contributed by atoms with Crippen LogP contribution in [0.3, 0.4) is 0 Å². The first-order valence-electron chi connectivity index (χ1n) is 6.39. The fourth-order valence-corrected chi connectivity index (χ4v) is 1.46. The summed E-state index contributed by atoms with van der Waals surface area (Å²) >= 11 is 0. The second-order valence-corrected chi connectivity index (χ2v) is 4.82. The van der Waals surface area contributed by atoms with Gasteiger partial charge < -0.3 is 5.32 Å². The second-order valence-electron chi connectivity index (χ2n) is 4.82. The Morgan fingerprint density at radius 2 is 1.64 bits per heavy atom. The van der Waals surface area contributed by atoms with Gasteiger partial charge in [-0.1, -0.05) is 47.0 Å². The molecule has 0 heterocycles. The Morgan fingerprint density at radius 3 is 2.21 bits per heavy atom. The minimum Gasteiger partial charge on any atom is -0.317 e. The summed E-state index contributed by atoms with van der Waals surface area (Å²) in [6, 6.07) is 0. The fourth-order valence-electron chi connectivity index (χ4n) is 1.46. The zero-order valence-electron chi connectivity index (χ0n) is 10.6. The highest BCUT2D eigenvalue weighted by atomic mass is 14.8. The molecule has 14 heavy (non-hydrogen) atoms. The lowest BCUT2D eigenvalue weighted by Gasteiger charge is -2.15. The van der Waals surface area contributed by atoms with Crippen molar-refractivity contribution in [1.29, 1.82) is 0 Å². The van der Waals surface area contributed by atoms with E-state index in [9.17, 15) is 0 Å². The number of hydrogen-bond donors (Lipinski definition) is 1. The van der Waals surface area contributed by atoms with Crippen molar-refractivity contribution in [2.24, 2.45) is 11.8 Å². The number of hydrogen-bond acceptors (Lipinski definition) is 1. The van der Waals surface area contributed by atoms with E-state index in [2.05, 4.69) is 33.0 Å². The highest BCUT2D eigenvalue weighted by molar-refractivity contribution is 4.59. The number of unbranched alkanes of at least 4 members (excludes halogenated alkanes) is 3. The monoisotopic (exact) mass is 199 g/mol. The topological polar surface area (TPSA) is 12.0 Å². The third-order valence-corrected chi connectivity index (χ3v) is 3.12. The molecule has 0 bridgehead atoms. The quantitative estimate of drug-likeness (QED) is 0.556. The molecule has 0 aromatic rings. The van der Waals surface area contributed by atoms with Crippen LogP contribution in [0.15, 0.2) is 0 Å². The van der Waals surface area contributed by atoms with Crippen LogP contribution in [0.2, 0.25) is 0 Å². The van der Waals surface area contributed by atoms with Crippen molar-refractivity contribution < 1.29 is 0 Å². The van der Waals surface area contributed by atoms with Crippen molar-refractivity contribution in [3.63, 3.8) is 0 Å². The van der Waals surface area contributed by atoms with E-state index < -0.39 is 0 Å². The van der Waals surface area contributed by atoms with Gasteiger partial charge in [0.25, 0.3) is 0 Å². The summed E-state index contributed by atoms with van der Waals surface area (Å²) in [7, 11) is 0. The van der Waals surface area contributed by atoms with Crippen LogP contribution in [0.4, 0.5) is 0 Å². The molecule has 0 aromatic carbocycles. The average molecular weight is 199 g/mol. The normalized spacial score (nSPS) is 13.5. The van der Waals surface area contributed by atoms with Crippen LogP contribution in [0.25, 0.3) is 0 Å². The van der Waals surface area contributed by atoms with Crippen LogP contribution in [-0.2, 0) is 0 Å². The molecule has 1 atom stereocenters. The Bertz CT molecular complexity index is 110. The highest BCUT2D eigenvalue weighted by Gasteiger charge is 2.05. The van der Waals surface area contributed by atoms with E-state index in [1.54, 1.807) is 0 Å². The van der Waals surface area contributed by atoms with E-state index in [0.717, 1.165) is 11.8 Å². The molecule has 1 heteroatoms. The summed E-state index contributed by atoms with van der Waals surface area (Å²) in [5, 5.41) is 3.53. The Hall–Kier alpha value is -0.0400. The number of rotatable bonds is 9. The predicted octanol–water partition coefficient (Wildman–Crippen LogP) is 3.84. The average Bonchev–Trinajstić information content (AvgIpc) is 2.16. The Balaban J connectivity index is 3.06. The molecule has 1 unspecified atom stereocenters. The van der Waals surface area contributed by atoms with Gasteiger partial charge in [-0.15, -0.1) is 0 Å². The predicted molar refractivity (Wildman–Crippen MR) is 65.6 cm³/mol. The van der Waals surface area contributed by atoms with Gasteiger partial charge in [0, 0.05) is 0 Å². The van der Waals surface area contributed by atoms with Gasteiger partial charge in [-0.2, -0.15) is 0 Å². The first kappa shape index (κ1) is 14.0. The van der Waals surface area contributed by atoms with Crippen LogP contribution < -0.4 is 5.32 Å². The SMILES string of the molecule is CCCCCCNCCC(C)C(C)C. The first-order chi connectivity index (χ1) is 6.68. The van der Waals surface area contributed by atoms with E-state index in [-0.39, 0.29) is 0 Å². The van der Waals surface area contributed by atoms with E-state index in [0.29, 0.717) is 0 Å². The molecule has 0 rings (SSSR count). The van der Waals surface area contributed by atoms with Crippen molar-refractivity contribution >= 4 is 0 Å². The standard InChI is InChI=1S/C13H29N/c1-5-6-7-8-10-14-11-9-13(4)12(2)3/h12-14H,5-11H2,1-4H3. The molecule has 0 spiro atoms. The fraction of sp³-hybridized carbons (Fsp3) is 1.00. The molecular weight excluding hydrogens is 170 g/mol. The van der Waals surface area contributed by atoms with Crippen LogP contribution in [-0.4, -0.2) is 13.1 Å². The van der Waals surface area contributed by atoms with Gasteiger partial charge in [0.05, 0.1) is 0 Å². The zero-order valence-corrected chi connectivity index (χ0v) is 10.6. The van der Waals surface area contributed by atoms with E-state index in [1.807, 2.05) is 0 Å². The van der Waals surface area contributed by atoms with Gasteiger partial charge in [0.1, 0.15) is 0 Å². The summed E-state index contributed by atoms with van der Waals surface area (Å²) in [5.74, 6) is 1.69. The maximum atomic E-state index is 3.53. The highest BCUT2D eigenvalue weighted by Crippen LogP contribution is 2.12. The molecule has 0 aromatic heterocycles. The lowest BCUT2D eigenvalue weighted by atomic mass is 9.95. The summed E-state index contributed by atoms with van der Waals surface area (Å²) in [4.78, 5) is 0. The molecule has 0 saturated carbocycles. The molecule has 0 fully saturated rings. The summed E-state index contributed by atoms with van der Waals surface area (Å²) in [6.45, 7) is 11.6.